The number of anilines is 3. The molecule has 0 bridgehead atoms. The van der Waals surface area contributed by atoms with Gasteiger partial charge in [0.25, 0.3) is 0 Å². The molecule has 0 aliphatic carbocycles. The van der Waals surface area contributed by atoms with Crippen LogP contribution in [0, 0.1) is 0 Å². The van der Waals surface area contributed by atoms with Crippen molar-refractivity contribution in [3.05, 3.63) is 292 Å². The summed E-state index contributed by atoms with van der Waals surface area (Å²) in [6, 6.07) is 96.7. The second-order valence-electron chi connectivity index (χ2n) is 17.7. The van der Waals surface area contributed by atoms with Crippen LogP contribution < -0.4 is 4.90 Å². The monoisotopic (exact) mass is 954 g/mol. The van der Waals surface area contributed by atoms with Crippen LogP contribution in [0.1, 0.15) is 27.7 Å². The van der Waals surface area contributed by atoms with Crippen molar-refractivity contribution >= 4 is 49.6 Å². The van der Waals surface area contributed by atoms with Crippen molar-refractivity contribution in [1.82, 2.24) is 4.57 Å². The highest BCUT2D eigenvalue weighted by atomic mass is 15.1. The molecule has 12 aromatic rings. The molecule has 0 spiro atoms. The number of fused-ring (bicyclic) bond motifs is 4. The summed E-state index contributed by atoms with van der Waals surface area (Å²) in [5.41, 5.74) is 19.0. The van der Waals surface area contributed by atoms with E-state index in [1.54, 1.807) is 12.2 Å². The van der Waals surface area contributed by atoms with E-state index < -0.39 is 0 Å². The molecule has 0 saturated heterocycles. The van der Waals surface area contributed by atoms with Crippen LogP contribution in [0.5, 0.6) is 0 Å². The Morgan fingerprint density at radius 3 is 1.30 bits per heavy atom. The molecular formula is C72H62N2. The van der Waals surface area contributed by atoms with Gasteiger partial charge in [-0.1, -0.05) is 232 Å². The van der Waals surface area contributed by atoms with Gasteiger partial charge in [-0.25, -0.2) is 0 Å². The first-order valence-corrected chi connectivity index (χ1v) is 25.6. The lowest BCUT2D eigenvalue weighted by Crippen LogP contribution is -2.10. The molecule has 74 heavy (non-hydrogen) atoms. The van der Waals surface area contributed by atoms with Gasteiger partial charge in [0.2, 0.25) is 0 Å². The fourth-order valence-corrected chi connectivity index (χ4v) is 9.75. The second-order valence-corrected chi connectivity index (χ2v) is 17.7. The van der Waals surface area contributed by atoms with E-state index in [0.717, 1.165) is 22.7 Å². The standard InChI is InChI=1S/C64H44N2.2C3H6.C2H6/c1-4-15-45(16-5-1)49-35-38-55(39-36-49)65(54-20-8-3-9-21-54)63-42-40-57(58-23-10-11-24-59(58)63)51-33-31-48(32-34-51)47-27-29-50(30-28-47)53-37-41-64-61(44-53)60-25-12-13-26-62(60)66(64)56-22-14-19-52(43-56)46-17-6-2-7-18-46;2*1-3-2;1-2/h1-44H;2*3H,1H2,2H3;1-2H3. The van der Waals surface area contributed by atoms with Crippen LogP contribution >= 0.6 is 0 Å². The summed E-state index contributed by atoms with van der Waals surface area (Å²) in [6.07, 6.45) is 3.50. The van der Waals surface area contributed by atoms with Gasteiger partial charge < -0.3 is 9.47 Å². The average molecular weight is 955 g/mol. The molecule has 1 aromatic heterocycles. The zero-order valence-electron chi connectivity index (χ0n) is 42.9. The minimum atomic E-state index is 1.11. The Bertz CT molecular complexity index is 3750. The lowest BCUT2D eigenvalue weighted by Gasteiger charge is -2.27. The molecule has 0 N–H and O–H groups in total. The van der Waals surface area contributed by atoms with Crippen LogP contribution in [0.25, 0.3) is 93.9 Å². The van der Waals surface area contributed by atoms with Crippen LogP contribution in [0.3, 0.4) is 0 Å². The minimum Gasteiger partial charge on any atom is -0.310 e. The summed E-state index contributed by atoms with van der Waals surface area (Å²) < 4.78 is 2.40. The number of para-hydroxylation sites is 2. The maximum Gasteiger partial charge on any atom is 0.0541 e. The van der Waals surface area contributed by atoms with E-state index >= 15 is 0 Å². The first-order valence-electron chi connectivity index (χ1n) is 25.6. The van der Waals surface area contributed by atoms with Crippen molar-refractivity contribution < 1.29 is 0 Å². The first kappa shape index (κ1) is 49.7. The number of benzene rings is 11. The van der Waals surface area contributed by atoms with Crippen LogP contribution in [0.2, 0.25) is 0 Å². The van der Waals surface area contributed by atoms with Gasteiger partial charge in [0.15, 0.2) is 0 Å². The van der Waals surface area contributed by atoms with Crippen molar-refractivity contribution in [1.29, 1.82) is 0 Å². The van der Waals surface area contributed by atoms with Gasteiger partial charge in [0.05, 0.1) is 16.7 Å². The molecule has 0 unspecified atom stereocenters. The van der Waals surface area contributed by atoms with Crippen molar-refractivity contribution in [3.63, 3.8) is 0 Å². The molecule has 0 radical (unpaired) electrons. The normalized spacial score (nSPS) is 10.5. The molecule has 0 aliphatic rings. The number of hydrogen-bond donors (Lipinski definition) is 0. The number of aromatic nitrogens is 1. The number of hydrogen-bond acceptors (Lipinski definition) is 1. The average Bonchev–Trinajstić information content (AvgIpc) is 3.81. The third-order valence-electron chi connectivity index (χ3n) is 13.0. The first-order chi connectivity index (χ1) is 36.6. The van der Waals surface area contributed by atoms with E-state index in [1.807, 2.05) is 27.7 Å². The highest BCUT2D eigenvalue weighted by Crippen LogP contribution is 2.43. The van der Waals surface area contributed by atoms with Crippen molar-refractivity contribution in [2.75, 3.05) is 4.90 Å². The Balaban J connectivity index is 0.000000795. The number of allylic oxidation sites excluding steroid dienone is 2. The van der Waals surface area contributed by atoms with Gasteiger partial charge in [-0.05, 0) is 136 Å². The molecule has 2 nitrogen and oxygen atoms in total. The third-order valence-corrected chi connectivity index (χ3v) is 13.0. The third kappa shape index (κ3) is 10.5. The second kappa shape index (κ2) is 23.8. The largest absolute Gasteiger partial charge is 0.310 e. The van der Waals surface area contributed by atoms with Gasteiger partial charge in [0, 0.05) is 33.2 Å². The smallest absolute Gasteiger partial charge is 0.0541 e. The molecule has 360 valence electrons. The molecule has 2 heteroatoms. The summed E-state index contributed by atoms with van der Waals surface area (Å²) in [5.74, 6) is 0. The van der Waals surface area contributed by atoms with Crippen LogP contribution in [0.15, 0.2) is 292 Å². The summed E-state index contributed by atoms with van der Waals surface area (Å²) in [5, 5.41) is 4.92. The topological polar surface area (TPSA) is 8.17 Å². The Morgan fingerprint density at radius 2 is 0.703 bits per heavy atom. The maximum atomic E-state index is 3.36. The lowest BCUT2D eigenvalue weighted by molar-refractivity contribution is 1.18. The van der Waals surface area contributed by atoms with E-state index in [-0.39, 0.29) is 0 Å². The highest BCUT2D eigenvalue weighted by Gasteiger charge is 2.18. The van der Waals surface area contributed by atoms with E-state index in [1.165, 1.54) is 88.2 Å². The summed E-state index contributed by atoms with van der Waals surface area (Å²) in [7, 11) is 0. The molecular weight excluding hydrogens is 893 g/mol. The Hall–Kier alpha value is -9.24. The Morgan fingerprint density at radius 1 is 0.311 bits per heavy atom. The molecule has 0 amide bonds. The Labute approximate surface area is 438 Å². The Kier molecular flexibility index (Phi) is 16.0. The summed E-state index contributed by atoms with van der Waals surface area (Å²) in [6.45, 7) is 14.5. The lowest BCUT2D eigenvalue weighted by atomic mass is 9.94. The predicted octanol–water partition coefficient (Wildman–Crippen LogP) is 21.2. The SMILES string of the molecule is C=CC.C=CC.CC.c1ccc(-c2ccc(N(c3ccccc3)c3ccc(-c4ccc(-c5ccc(-c6ccc7c(c6)c6ccccc6n7-c6cccc(-c7ccccc7)c6)cc5)cc4)c4ccccc34)cc2)cc1. The van der Waals surface area contributed by atoms with E-state index in [9.17, 15) is 0 Å². The molecule has 0 saturated carbocycles. The zero-order valence-corrected chi connectivity index (χ0v) is 42.9. The van der Waals surface area contributed by atoms with Crippen molar-refractivity contribution in [3.8, 4) is 61.3 Å². The molecule has 1 heterocycles. The molecule has 12 rings (SSSR count). The van der Waals surface area contributed by atoms with E-state index in [0.29, 0.717) is 0 Å². The van der Waals surface area contributed by atoms with Crippen LogP contribution in [-0.2, 0) is 0 Å². The van der Waals surface area contributed by atoms with Gasteiger partial charge in [-0.15, -0.1) is 13.2 Å². The highest BCUT2D eigenvalue weighted by molar-refractivity contribution is 6.11. The summed E-state index contributed by atoms with van der Waals surface area (Å²) in [4.78, 5) is 2.37. The van der Waals surface area contributed by atoms with E-state index in [4.69, 9.17) is 0 Å². The fourth-order valence-electron chi connectivity index (χ4n) is 9.75. The number of nitrogens with zero attached hydrogens (tertiary/aromatic N) is 2. The van der Waals surface area contributed by atoms with E-state index in [2.05, 4.69) is 290 Å². The van der Waals surface area contributed by atoms with Crippen molar-refractivity contribution in [2.24, 2.45) is 0 Å². The molecule has 11 aromatic carbocycles. The van der Waals surface area contributed by atoms with Gasteiger partial charge in [-0.3, -0.25) is 0 Å². The fraction of sp³-hybridized carbons (Fsp3) is 0.0556. The number of rotatable bonds is 9. The summed E-state index contributed by atoms with van der Waals surface area (Å²) >= 11 is 0. The van der Waals surface area contributed by atoms with Crippen LogP contribution in [0.4, 0.5) is 17.1 Å². The molecule has 0 atom stereocenters. The van der Waals surface area contributed by atoms with Crippen molar-refractivity contribution in [2.45, 2.75) is 27.7 Å². The van der Waals surface area contributed by atoms with Gasteiger partial charge in [0.1, 0.15) is 0 Å². The quantitative estimate of drug-likeness (QED) is 0.131. The van der Waals surface area contributed by atoms with Crippen LogP contribution in [-0.4, -0.2) is 4.57 Å². The molecule has 0 fully saturated rings. The maximum absolute atomic E-state index is 3.36. The van der Waals surface area contributed by atoms with Gasteiger partial charge in [-0.2, -0.15) is 0 Å². The van der Waals surface area contributed by atoms with Gasteiger partial charge >= 0.3 is 0 Å². The minimum absolute atomic E-state index is 1.11. The predicted molar refractivity (Wildman–Crippen MR) is 323 cm³/mol. The molecule has 0 aliphatic heterocycles. The zero-order chi connectivity index (χ0) is 51.2.